The second kappa shape index (κ2) is 14.2. The zero-order chi connectivity index (χ0) is 28.5. The Balaban J connectivity index is 2.48. The van der Waals surface area contributed by atoms with Crippen LogP contribution in [0, 0.1) is 13.8 Å². The van der Waals surface area contributed by atoms with E-state index in [1.54, 1.807) is 37.4 Å². The van der Waals surface area contributed by atoms with Crippen LogP contribution in [0.25, 0.3) is 0 Å². The third-order valence-electron chi connectivity index (χ3n) is 6.19. The van der Waals surface area contributed by atoms with Crippen molar-refractivity contribution >= 4 is 29.7 Å². The Morgan fingerprint density at radius 2 is 1.66 bits per heavy atom. The molecule has 0 spiro atoms. The SMILES string of the molecule is CSCCC(NC(=O)OC(C)(C)C)C(=O)N(C(C)C)C(C(=O)NCc1ccccc1)c1cccc(C)c1C. The van der Waals surface area contributed by atoms with Crippen molar-refractivity contribution in [1.29, 1.82) is 0 Å². The van der Waals surface area contributed by atoms with Crippen LogP contribution in [0.1, 0.15) is 69.3 Å². The smallest absolute Gasteiger partial charge is 0.408 e. The normalized spacial score (nSPS) is 13.0. The number of carbonyl (C=O) groups excluding carboxylic acids is 3. The van der Waals surface area contributed by atoms with Crippen LogP contribution in [0.5, 0.6) is 0 Å². The Labute approximate surface area is 232 Å². The van der Waals surface area contributed by atoms with Crippen LogP contribution in [0.4, 0.5) is 4.79 Å². The summed E-state index contributed by atoms with van der Waals surface area (Å²) in [6, 6.07) is 13.4. The molecule has 0 aliphatic carbocycles. The van der Waals surface area contributed by atoms with Crippen LogP contribution in [-0.4, -0.2) is 52.5 Å². The third kappa shape index (κ3) is 9.08. The Hall–Kier alpha value is -3.00. The molecule has 0 bridgehead atoms. The van der Waals surface area contributed by atoms with Gasteiger partial charge in [-0.25, -0.2) is 4.79 Å². The van der Waals surface area contributed by atoms with Crippen molar-refractivity contribution in [2.24, 2.45) is 0 Å². The molecule has 0 aromatic heterocycles. The van der Waals surface area contributed by atoms with E-state index in [1.165, 1.54) is 0 Å². The number of hydrogen-bond acceptors (Lipinski definition) is 5. The maximum atomic E-state index is 14.1. The average Bonchev–Trinajstić information content (AvgIpc) is 2.84. The summed E-state index contributed by atoms with van der Waals surface area (Å²) in [4.78, 5) is 42.3. The monoisotopic (exact) mass is 541 g/mol. The second-order valence-electron chi connectivity index (χ2n) is 10.7. The Morgan fingerprint density at radius 3 is 2.24 bits per heavy atom. The molecule has 38 heavy (non-hydrogen) atoms. The van der Waals surface area contributed by atoms with E-state index in [0.717, 1.165) is 22.3 Å². The van der Waals surface area contributed by atoms with E-state index in [4.69, 9.17) is 4.74 Å². The quantitative estimate of drug-likeness (QED) is 0.390. The van der Waals surface area contributed by atoms with Crippen LogP contribution < -0.4 is 10.6 Å². The van der Waals surface area contributed by atoms with Gasteiger partial charge in [0.25, 0.3) is 0 Å². The highest BCUT2D eigenvalue weighted by atomic mass is 32.2. The van der Waals surface area contributed by atoms with Gasteiger partial charge in [-0.1, -0.05) is 48.5 Å². The van der Waals surface area contributed by atoms with Crippen molar-refractivity contribution in [2.75, 3.05) is 12.0 Å². The summed E-state index contributed by atoms with van der Waals surface area (Å²) < 4.78 is 5.45. The van der Waals surface area contributed by atoms with Gasteiger partial charge in [-0.05, 0) is 89.1 Å². The molecule has 0 aliphatic heterocycles. The van der Waals surface area contributed by atoms with Crippen LogP contribution >= 0.6 is 11.8 Å². The fourth-order valence-electron chi connectivity index (χ4n) is 4.17. The maximum Gasteiger partial charge on any atom is 0.408 e. The number of benzene rings is 2. The molecule has 8 heteroatoms. The number of nitrogens with zero attached hydrogens (tertiary/aromatic N) is 1. The number of hydrogen-bond donors (Lipinski definition) is 2. The first kappa shape index (κ1) is 31.2. The molecular formula is C30H43N3O4S. The van der Waals surface area contributed by atoms with E-state index in [-0.39, 0.29) is 17.9 Å². The third-order valence-corrected chi connectivity index (χ3v) is 6.83. The van der Waals surface area contributed by atoms with E-state index in [1.807, 2.05) is 82.5 Å². The lowest BCUT2D eigenvalue weighted by Crippen LogP contribution is -2.55. The van der Waals surface area contributed by atoms with Gasteiger partial charge < -0.3 is 20.3 Å². The maximum absolute atomic E-state index is 14.1. The van der Waals surface area contributed by atoms with Gasteiger partial charge >= 0.3 is 6.09 Å². The number of thioether (sulfide) groups is 1. The van der Waals surface area contributed by atoms with E-state index in [0.29, 0.717) is 18.7 Å². The van der Waals surface area contributed by atoms with Crippen molar-refractivity contribution in [3.63, 3.8) is 0 Å². The van der Waals surface area contributed by atoms with Crippen molar-refractivity contribution in [1.82, 2.24) is 15.5 Å². The van der Waals surface area contributed by atoms with Gasteiger partial charge in [0.2, 0.25) is 11.8 Å². The molecule has 2 aromatic rings. The van der Waals surface area contributed by atoms with E-state index in [9.17, 15) is 14.4 Å². The molecule has 208 valence electrons. The van der Waals surface area contributed by atoms with Gasteiger partial charge in [0, 0.05) is 12.6 Å². The second-order valence-corrected chi connectivity index (χ2v) is 11.7. The van der Waals surface area contributed by atoms with Crippen LogP contribution in [0.2, 0.25) is 0 Å². The van der Waals surface area contributed by atoms with Crippen LogP contribution in [0.15, 0.2) is 48.5 Å². The standard InChI is InChI=1S/C30H43N3O4S/c1-20(2)33(28(35)25(17-18-38-8)32-29(36)37-30(5,6)7)26(24-16-12-13-21(3)22(24)4)27(34)31-19-23-14-10-9-11-15-23/h9-16,20,25-26H,17-19H2,1-8H3,(H,31,34)(H,32,36). The number of ether oxygens (including phenoxy) is 1. The lowest BCUT2D eigenvalue weighted by atomic mass is 9.94. The zero-order valence-electron chi connectivity index (χ0n) is 24.0. The average molecular weight is 542 g/mol. The van der Waals surface area contributed by atoms with E-state index >= 15 is 0 Å². The first-order valence-electron chi connectivity index (χ1n) is 13.0. The van der Waals surface area contributed by atoms with E-state index < -0.39 is 23.8 Å². The summed E-state index contributed by atoms with van der Waals surface area (Å²) in [6.07, 6.45) is 1.70. The number of nitrogens with one attached hydrogen (secondary N) is 2. The topological polar surface area (TPSA) is 87.7 Å². The Kier molecular flexibility index (Phi) is 11.7. The Morgan fingerprint density at radius 1 is 1.00 bits per heavy atom. The first-order chi connectivity index (χ1) is 17.9. The lowest BCUT2D eigenvalue weighted by Gasteiger charge is -2.38. The molecule has 2 N–H and O–H groups in total. The first-order valence-corrected chi connectivity index (χ1v) is 14.4. The largest absolute Gasteiger partial charge is 0.444 e. The number of amides is 3. The van der Waals surface area contributed by atoms with Crippen LogP contribution in [0.3, 0.4) is 0 Å². The molecule has 0 radical (unpaired) electrons. The van der Waals surface area contributed by atoms with Gasteiger partial charge in [-0.2, -0.15) is 11.8 Å². The predicted molar refractivity (Wildman–Crippen MR) is 155 cm³/mol. The summed E-state index contributed by atoms with van der Waals surface area (Å²) in [6.45, 7) is 13.4. The molecule has 7 nitrogen and oxygen atoms in total. The van der Waals surface area contributed by atoms with Crippen molar-refractivity contribution < 1.29 is 19.1 Å². The summed E-state index contributed by atoms with van der Waals surface area (Å²) in [5.74, 6) is 0.0677. The molecule has 0 saturated heterocycles. The summed E-state index contributed by atoms with van der Waals surface area (Å²) in [7, 11) is 0. The summed E-state index contributed by atoms with van der Waals surface area (Å²) in [5, 5.41) is 5.81. The van der Waals surface area contributed by atoms with E-state index in [2.05, 4.69) is 10.6 Å². The van der Waals surface area contributed by atoms with Gasteiger partial charge in [-0.15, -0.1) is 0 Å². The lowest BCUT2D eigenvalue weighted by molar-refractivity contribution is -0.144. The molecule has 0 aliphatic rings. The molecule has 0 fully saturated rings. The van der Waals surface area contributed by atoms with Crippen LogP contribution in [-0.2, 0) is 20.9 Å². The molecule has 2 unspecified atom stereocenters. The van der Waals surface area contributed by atoms with Crippen molar-refractivity contribution in [3.8, 4) is 0 Å². The fourth-order valence-corrected chi connectivity index (χ4v) is 4.64. The Bertz CT molecular complexity index is 1080. The highest BCUT2D eigenvalue weighted by molar-refractivity contribution is 7.98. The van der Waals surface area contributed by atoms with Gasteiger partial charge in [0.1, 0.15) is 17.7 Å². The highest BCUT2D eigenvalue weighted by Crippen LogP contribution is 2.29. The summed E-state index contributed by atoms with van der Waals surface area (Å²) in [5.41, 5.74) is 3.01. The number of carbonyl (C=O) groups is 3. The van der Waals surface area contributed by atoms with Crippen molar-refractivity contribution in [2.45, 2.75) is 85.2 Å². The summed E-state index contributed by atoms with van der Waals surface area (Å²) >= 11 is 1.59. The molecule has 2 atom stereocenters. The number of alkyl carbamates (subject to hydrolysis) is 1. The molecule has 0 saturated carbocycles. The zero-order valence-corrected chi connectivity index (χ0v) is 24.8. The number of rotatable bonds is 11. The molecule has 2 rings (SSSR count). The molecule has 3 amide bonds. The minimum atomic E-state index is -0.872. The highest BCUT2D eigenvalue weighted by Gasteiger charge is 2.38. The molecule has 2 aromatic carbocycles. The molecule has 0 heterocycles. The van der Waals surface area contributed by atoms with Gasteiger partial charge in [-0.3, -0.25) is 9.59 Å². The predicted octanol–water partition coefficient (Wildman–Crippen LogP) is 5.54. The van der Waals surface area contributed by atoms with Gasteiger partial charge in [0.05, 0.1) is 0 Å². The minimum absolute atomic E-state index is 0.273. The fraction of sp³-hybridized carbons (Fsp3) is 0.500. The molecular weight excluding hydrogens is 498 g/mol. The van der Waals surface area contributed by atoms with Crippen molar-refractivity contribution in [3.05, 3.63) is 70.8 Å². The minimum Gasteiger partial charge on any atom is -0.444 e. The van der Waals surface area contributed by atoms with Gasteiger partial charge in [0.15, 0.2) is 0 Å². The number of aryl methyl sites for hydroxylation is 1.